The van der Waals surface area contributed by atoms with E-state index < -0.39 is 53.3 Å². The summed E-state index contributed by atoms with van der Waals surface area (Å²) in [5.74, 6) is -3.48. The molecular weight excluding hydrogens is 469 g/mol. The third-order valence-corrected chi connectivity index (χ3v) is 7.71. The monoisotopic (exact) mass is 485 g/mol. The molecule has 0 aromatic heterocycles. The Balaban J connectivity index is 1.98. The normalized spacial score (nSPS) is 23.0. The number of nitro groups is 1. The number of benzene rings is 1. The van der Waals surface area contributed by atoms with Crippen LogP contribution in [0, 0.1) is 10.1 Å². The third kappa shape index (κ3) is 3.93. The van der Waals surface area contributed by atoms with Crippen molar-refractivity contribution < 1.29 is 43.5 Å². The average Bonchev–Trinajstić information content (AvgIpc) is 2.70. The molecule has 1 saturated heterocycles. The Bertz CT molecular complexity index is 1110. The highest BCUT2D eigenvalue weighted by Crippen LogP contribution is 2.64. The number of nitrogens with zero attached hydrogens (tertiary/aromatic N) is 3. The van der Waals surface area contributed by atoms with Crippen molar-refractivity contribution in [1.82, 2.24) is 4.90 Å². The largest absolute Gasteiger partial charge is 0.477 e. The molecule has 13 nitrogen and oxygen atoms in total. The summed E-state index contributed by atoms with van der Waals surface area (Å²) in [6.07, 6.45) is 0.997. The molecule has 2 atom stereocenters. The van der Waals surface area contributed by atoms with Crippen LogP contribution in [0.3, 0.4) is 0 Å². The number of hydrogen-bond acceptors (Lipinski definition) is 9. The molecule has 0 bridgehead atoms. The second-order valence-corrected chi connectivity index (χ2v) is 9.59. The smallest absolute Gasteiger partial charge is 0.365 e. The van der Waals surface area contributed by atoms with Crippen molar-refractivity contribution in [2.75, 3.05) is 12.4 Å². The number of aliphatic imine (C=N–C) groups is 1. The van der Waals surface area contributed by atoms with Crippen LogP contribution in [-0.4, -0.2) is 71.8 Å². The van der Waals surface area contributed by atoms with Gasteiger partial charge >= 0.3 is 19.5 Å². The highest BCUT2D eigenvalue weighted by Gasteiger charge is 2.73. The van der Waals surface area contributed by atoms with Gasteiger partial charge in [-0.25, -0.2) is 4.79 Å². The number of carbonyl (C=O) groups excluding carboxylic acids is 2. The molecule has 0 unspecified atom stereocenters. The second-order valence-electron chi connectivity index (χ2n) is 6.75. The van der Waals surface area contributed by atoms with E-state index in [9.17, 15) is 44.0 Å². The van der Waals surface area contributed by atoms with Gasteiger partial charge in [-0.1, -0.05) is 0 Å². The lowest BCUT2D eigenvalue weighted by Crippen LogP contribution is -2.72. The van der Waals surface area contributed by atoms with Crippen molar-refractivity contribution in [1.29, 1.82) is 0 Å². The van der Waals surface area contributed by atoms with Crippen LogP contribution in [0.15, 0.2) is 40.5 Å². The Kier molecular flexibility index (Phi) is 6.24. The molecule has 2 heterocycles. The van der Waals surface area contributed by atoms with E-state index in [0.717, 1.165) is 41.9 Å². The van der Waals surface area contributed by atoms with Crippen molar-refractivity contribution in [3.63, 3.8) is 0 Å². The van der Waals surface area contributed by atoms with Crippen molar-refractivity contribution >= 4 is 49.1 Å². The van der Waals surface area contributed by atoms with Crippen LogP contribution in [0.5, 0.6) is 0 Å². The number of carboxylic acids is 1. The minimum Gasteiger partial charge on any atom is -0.477 e. The number of β-lactam (4-membered cyclic amide) rings is 1. The predicted octanol–water partition coefficient (Wildman–Crippen LogP) is 0.705. The Hall–Kier alpha value is -3.06. The number of carbonyl (C=O) groups is 3. The fourth-order valence-electron chi connectivity index (χ4n) is 3.20. The number of hydrogen-bond donors (Lipinski definition) is 3. The van der Waals surface area contributed by atoms with Crippen molar-refractivity contribution in [3.05, 3.63) is 51.2 Å². The van der Waals surface area contributed by atoms with Crippen LogP contribution < -0.4 is 0 Å². The molecule has 1 aromatic carbocycles. The van der Waals surface area contributed by atoms with E-state index in [2.05, 4.69) is 4.99 Å². The molecule has 1 aromatic rings. The van der Waals surface area contributed by atoms with Gasteiger partial charge in [0, 0.05) is 36.6 Å². The highest BCUT2D eigenvalue weighted by atomic mass is 32.2. The summed E-state index contributed by atoms with van der Waals surface area (Å²) in [7, 11) is -5.24. The molecule has 3 N–H and O–H groups in total. The number of non-ortho nitro benzene ring substituents is 1. The van der Waals surface area contributed by atoms with Crippen LogP contribution in [0.4, 0.5) is 5.69 Å². The van der Waals surface area contributed by atoms with E-state index in [1.54, 1.807) is 0 Å². The molecule has 15 heteroatoms. The van der Waals surface area contributed by atoms with Gasteiger partial charge in [-0.3, -0.25) is 34.2 Å². The minimum atomic E-state index is -5.24. The summed E-state index contributed by atoms with van der Waals surface area (Å²) in [6.45, 7) is 0.732. The molecule has 3 rings (SSSR count). The van der Waals surface area contributed by atoms with E-state index in [-0.39, 0.29) is 22.6 Å². The van der Waals surface area contributed by atoms with Gasteiger partial charge in [0.25, 0.3) is 16.9 Å². The molecule has 0 saturated carbocycles. The molecule has 0 radical (unpaired) electrons. The van der Waals surface area contributed by atoms with Gasteiger partial charge in [0.2, 0.25) is 0 Å². The van der Waals surface area contributed by atoms with Crippen LogP contribution in [0.25, 0.3) is 0 Å². The fraction of sp³-hybridized carbons (Fsp3) is 0.294. The van der Waals surface area contributed by atoms with Crippen LogP contribution in [0.2, 0.25) is 0 Å². The molecular formula is C17H16N3O10PS. The summed E-state index contributed by atoms with van der Waals surface area (Å²) >= 11 is 0.870. The summed E-state index contributed by atoms with van der Waals surface area (Å²) < 4.78 is 17.1. The number of ether oxygens (including phenoxy) is 1. The lowest BCUT2D eigenvalue weighted by molar-refractivity contribution is -0.384. The number of carboxylic acid groups (broad SMARTS) is 1. The number of esters is 1. The average molecular weight is 485 g/mol. The molecule has 0 aliphatic carbocycles. The van der Waals surface area contributed by atoms with Crippen LogP contribution in [0.1, 0.15) is 12.5 Å². The first-order valence-electron chi connectivity index (χ1n) is 8.79. The highest BCUT2D eigenvalue weighted by molar-refractivity contribution is 8.00. The number of rotatable bonds is 7. The molecule has 2 aliphatic rings. The first kappa shape index (κ1) is 23.6. The number of aliphatic carboxylic acids is 1. The van der Waals surface area contributed by atoms with E-state index >= 15 is 0 Å². The number of fused-ring (bicyclic) bond motifs is 1. The van der Waals surface area contributed by atoms with Gasteiger partial charge in [0.05, 0.1) is 4.92 Å². The van der Waals surface area contributed by atoms with Gasteiger partial charge in [0.15, 0.2) is 0 Å². The lowest BCUT2D eigenvalue weighted by Gasteiger charge is -2.54. The van der Waals surface area contributed by atoms with Gasteiger partial charge in [-0.05, 0) is 17.7 Å². The number of thioether (sulfide) groups is 1. The Morgan fingerprint density at radius 2 is 2.03 bits per heavy atom. The summed E-state index contributed by atoms with van der Waals surface area (Å²) in [4.78, 5) is 70.4. The van der Waals surface area contributed by atoms with Gasteiger partial charge in [-0.15, -0.1) is 11.8 Å². The van der Waals surface area contributed by atoms with Crippen LogP contribution >= 0.6 is 19.4 Å². The Morgan fingerprint density at radius 3 is 2.53 bits per heavy atom. The maximum Gasteiger partial charge on any atom is 0.365 e. The van der Waals surface area contributed by atoms with Crippen LogP contribution in [-0.2, 0) is 23.7 Å². The zero-order valence-electron chi connectivity index (χ0n) is 16.3. The molecule has 1 amide bonds. The van der Waals surface area contributed by atoms with E-state index in [1.807, 2.05) is 0 Å². The van der Waals surface area contributed by atoms with Gasteiger partial charge < -0.3 is 19.6 Å². The lowest BCUT2D eigenvalue weighted by atomic mass is 10.0. The summed E-state index contributed by atoms with van der Waals surface area (Å²) in [6, 6.07) is 4.87. The maximum absolute atomic E-state index is 12.9. The fourth-order valence-corrected chi connectivity index (χ4v) is 6.13. The quantitative estimate of drug-likeness (QED) is 0.123. The SMILES string of the molecule is CC(=O)OCC1=C(C(=O)O)N2C(=O)[C@@](N=Cc3ccc([N+](=O)[O-])cc3)(P(=O)(O)O)[C@H]2SC1. The maximum atomic E-state index is 12.9. The Morgan fingerprint density at radius 1 is 1.41 bits per heavy atom. The van der Waals surface area contributed by atoms with Crippen molar-refractivity contribution in [2.24, 2.45) is 4.99 Å². The summed E-state index contributed by atoms with van der Waals surface area (Å²) in [5, 5.41) is 16.4. The zero-order chi connectivity index (χ0) is 23.8. The molecule has 170 valence electrons. The number of nitro benzene ring substituents is 1. The topological polar surface area (TPSA) is 197 Å². The number of amides is 1. The van der Waals surface area contributed by atoms with E-state index in [1.165, 1.54) is 12.1 Å². The molecule has 0 spiro atoms. The van der Waals surface area contributed by atoms with Crippen molar-refractivity contribution in [3.8, 4) is 0 Å². The molecule has 1 fully saturated rings. The Labute approximate surface area is 184 Å². The first-order valence-corrected chi connectivity index (χ1v) is 11.5. The summed E-state index contributed by atoms with van der Waals surface area (Å²) in [5.41, 5.74) is -0.396. The van der Waals surface area contributed by atoms with E-state index in [0.29, 0.717) is 0 Å². The first-order chi connectivity index (χ1) is 14.9. The zero-order valence-corrected chi connectivity index (χ0v) is 18.0. The standard InChI is InChI=1S/C17H16N3O10PS/c1-9(21)30-7-11-8-32-16-17(31(27,28)29,15(24)19(16)13(11)14(22)23)18-6-10-2-4-12(5-3-10)20(25)26/h2-6,16H,7-8H2,1H3,(H,22,23)(H2,27,28,29)/t16-,17-/m1/s1. The third-order valence-electron chi connectivity index (χ3n) is 4.71. The second kappa shape index (κ2) is 8.47. The van der Waals surface area contributed by atoms with Gasteiger partial charge in [0.1, 0.15) is 17.7 Å². The molecule has 2 aliphatic heterocycles. The molecule has 32 heavy (non-hydrogen) atoms. The van der Waals surface area contributed by atoms with Crippen molar-refractivity contribution in [2.45, 2.75) is 17.6 Å². The predicted molar refractivity (Wildman–Crippen MR) is 110 cm³/mol. The van der Waals surface area contributed by atoms with Gasteiger partial charge in [-0.2, -0.15) is 0 Å². The minimum absolute atomic E-state index is 0.0713. The van der Waals surface area contributed by atoms with E-state index in [4.69, 9.17) is 4.74 Å².